The molecule has 0 aliphatic heterocycles. The number of carbonyl (C=O) groups is 1. The summed E-state index contributed by atoms with van der Waals surface area (Å²) in [6.07, 6.45) is 0. The maximum absolute atomic E-state index is 13.5. The Morgan fingerprint density at radius 2 is 1.43 bits per heavy atom. The molecule has 3 rings (SSSR count). The minimum absolute atomic E-state index is 0.149. The van der Waals surface area contributed by atoms with E-state index in [1.54, 1.807) is 42.5 Å². The van der Waals surface area contributed by atoms with Crippen LogP contribution in [0.4, 0.5) is 11.4 Å². The van der Waals surface area contributed by atoms with E-state index < -0.39 is 15.9 Å². The fraction of sp³-hybridized carbons (Fsp3) is 0.208. The van der Waals surface area contributed by atoms with Crippen molar-refractivity contribution in [1.29, 1.82) is 0 Å². The molecule has 0 atom stereocenters. The zero-order chi connectivity index (χ0) is 21.9. The minimum atomic E-state index is -3.93. The van der Waals surface area contributed by atoms with Gasteiger partial charge in [-0.3, -0.25) is 9.10 Å². The Labute approximate surface area is 178 Å². The normalized spacial score (nSPS) is 11.2. The van der Waals surface area contributed by atoms with E-state index in [9.17, 15) is 13.2 Å². The van der Waals surface area contributed by atoms with Crippen LogP contribution in [0.1, 0.15) is 22.3 Å². The van der Waals surface area contributed by atoms with Crippen LogP contribution in [0.25, 0.3) is 0 Å². The number of nitrogens with one attached hydrogen (secondary N) is 1. The van der Waals surface area contributed by atoms with Gasteiger partial charge in [0.25, 0.3) is 10.0 Å². The number of aryl methyl sites for hydroxylation is 4. The third-order valence-corrected chi connectivity index (χ3v) is 6.60. The molecule has 0 saturated carbocycles. The van der Waals surface area contributed by atoms with E-state index in [2.05, 4.69) is 5.32 Å². The highest BCUT2D eigenvalue weighted by Crippen LogP contribution is 2.26. The third-order valence-electron chi connectivity index (χ3n) is 4.81. The number of nitrogens with zero attached hydrogens (tertiary/aromatic N) is 1. The van der Waals surface area contributed by atoms with Gasteiger partial charge in [-0.2, -0.15) is 0 Å². The molecule has 3 aromatic carbocycles. The van der Waals surface area contributed by atoms with Crippen LogP contribution in [-0.4, -0.2) is 20.9 Å². The fourth-order valence-corrected chi connectivity index (χ4v) is 4.69. The van der Waals surface area contributed by atoms with Gasteiger partial charge >= 0.3 is 0 Å². The van der Waals surface area contributed by atoms with Crippen LogP contribution in [0, 0.1) is 27.7 Å². The first-order chi connectivity index (χ1) is 14.2. The molecule has 30 heavy (non-hydrogen) atoms. The van der Waals surface area contributed by atoms with Crippen molar-refractivity contribution in [2.75, 3.05) is 16.2 Å². The number of anilines is 2. The molecule has 0 saturated heterocycles. The molecule has 0 aliphatic rings. The van der Waals surface area contributed by atoms with Crippen molar-refractivity contribution in [3.05, 3.63) is 89.0 Å². The molecule has 1 amide bonds. The molecule has 156 valence electrons. The van der Waals surface area contributed by atoms with Gasteiger partial charge in [0.1, 0.15) is 6.54 Å². The molecule has 0 bridgehead atoms. The second-order valence-electron chi connectivity index (χ2n) is 7.53. The lowest BCUT2D eigenvalue weighted by Gasteiger charge is -2.25. The molecule has 0 spiro atoms. The highest BCUT2D eigenvalue weighted by molar-refractivity contribution is 7.92. The van der Waals surface area contributed by atoms with Gasteiger partial charge in [0.05, 0.1) is 10.6 Å². The molecule has 0 radical (unpaired) electrons. The van der Waals surface area contributed by atoms with Crippen LogP contribution in [0.5, 0.6) is 0 Å². The van der Waals surface area contributed by atoms with Gasteiger partial charge in [-0.15, -0.1) is 0 Å². The van der Waals surface area contributed by atoms with Crippen molar-refractivity contribution < 1.29 is 13.2 Å². The molecule has 6 heteroatoms. The topological polar surface area (TPSA) is 66.5 Å². The van der Waals surface area contributed by atoms with Crippen LogP contribution in [0.3, 0.4) is 0 Å². The van der Waals surface area contributed by atoms with Crippen molar-refractivity contribution in [3.8, 4) is 0 Å². The predicted octanol–water partition coefficient (Wildman–Crippen LogP) is 4.75. The zero-order valence-corrected chi connectivity index (χ0v) is 18.5. The highest BCUT2D eigenvalue weighted by Gasteiger charge is 2.27. The second-order valence-corrected chi connectivity index (χ2v) is 9.40. The monoisotopic (exact) mass is 422 g/mol. The molecular weight excluding hydrogens is 396 g/mol. The first-order valence-corrected chi connectivity index (χ1v) is 11.1. The summed E-state index contributed by atoms with van der Waals surface area (Å²) in [5, 5.41) is 2.83. The minimum Gasteiger partial charge on any atom is -0.324 e. The molecule has 5 nitrogen and oxygen atoms in total. The second kappa shape index (κ2) is 8.71. The molecule has 0 fully saturated rings. The average Bonchev–Trinajstić information content (AvgIpc) is 2.67. The van der Waals surface area contributed by atoms with Gasteiger partial charge in [-0.25, -0.2) is 8.42 Å². The lowest BCUT2D eigenvalue weighted by atomic mass is 10.1. The van der Waals surface area contributed by atoms with Gasteiger partial charge in [0, 0.05) is 5.69 Å². The van der Waals surface area contributed by atoms with Crippen molar-refractivity contribution in [1.82, 2.24) is 0 Å². The van der Waals surface area contributed by atoms with E-state index >= 15 is 0 Å². The van der Waals surface area contributed by atoms with Gasteiger partial charge < -0.3 is 5.32 Å². The lowest BCUT2D eigenvalue weighted by Crippen LogP contribution is -2.38. The summed E-state index contributed by atoms with van der Waals surface area (Å²) in [6.45, 7) is 7.27. The number of rotatable bonds is 6. The van der Waals surface area contributed by atoms with Gasteiger partial charge in [-0.05, 0) is 74.7 Å². The Kier molecular flexibility index (Phi) is 6.27. The number of para-hydroxylation sites is 1. The Morgan fingerprint density at radius 3 is 2.03 bits per heavy atom. The SMILES string of the molecule is Cc1ccc(S(=O)(=O)N(CC(=O)Nc2ccccc2C)c2cc(C)cc(C)c2)cc1. The van der Waals surface area contributed by atoms with Crippen LogP contribution < -0.4 is 9.62 Å². The Hall–Kier alpha value is -3.12. The summed E-state index contributed by atoms with van der Waals surface area (Å²) >= 11 is 0. The summed E-state index contributed by atoms with van der Waals surface area (Å²) < 4.78 is 28.1. The van der Waals surface area contributed by atoms with Crippen LogP contribution in [-0.2, 0) is 14.8 Å². The molecule has 3 aromatic rings. The van der Waals surface area contributed by atoms with Crippen molar-refractivity contribution >= 4 is 27.3 Å². The molecule has 1 N–H and O–H groups in total. The smallest absolute Gasteiger partial charge is 0.264 e. The molecular formula is C24H26N2O3S. The summed E-state index contributed by atoms with van der Waals surface area (Å²) in [5.74, 6) is -0.404. The van der Waals surface area contributed by atoms with Crippen molar-refractivity contribution in [2.45, 2.75) is 32.6 Å². The lowest BCUT2D eigenvalue weighted by molar-refractivity contribution is -0.114. The Bertz CT molecular complexity index is 1150. The highest BCUT2D eigenvalue weighted by atomic mass is 32.2. The number of amides is 1. The van der Waals surface area contributed by atoms with Crippen LogP contribution >= 0.6 is 0 Å². The van der Waals surface area contributed by atoms with E-state index in [0.717, 1.165) is 22.3 Å². The van der Waals surface area contributed by atoms with Gasteiger partial charge in [0.15, 0.2) is 0 Å². The van der Waals surface area contributed by atoms with Crippen LogP contribution in [0.15, 0.2) is 71.6 Å². The third kappa shape index (κ3) is 4.89. The van der Waals surface area contributed by atoms with E-state index in [1.807, 2.05) is 52.0 Å². The van der Waals surface area contributed by atoms with Gasteiger partial charge in [0.2, 0.25) is 5.91 Å². The maximum atomic E-state index is 13.5. The average molecular weight is 423 g/mol. The summed E-state index contributed by atoms with van der Waals surface area (Å²) in [7, 11) is -3.93. The number of sulfonamides is 1. The van der Waals surface area contributed by atoms with Crippen molar-refractivity contribution in [2.24, 2.45) is 0 Å². The standard InChI is InChI=1S/C24H26N2O3S/c1-17-9-11-22(12-10-17)30(28,29)26(21-14-18(2)13-19(3)15-21)16-24(27)25-23-8-6-5-7-20(23)4/h5-15H,16H2,1-4H3,(H,25,27). The largest absolute Gasteiger partial charge is 0.324 e. The number of carbonyl (C=O) groups excluding carboxylic acids is 1. The molecule has 0 aromatic heterocycles. The maximum Gasteiger partial charge on any atom is 0.264 e. The van der Waals surface area contributed by atoms with Gasteiger partial charge in [-0.1, -0.05) is 42.0 Å². The van der Waals surface area contributed by atoms with E-state index in [-0.39, 0.29) is 11.4 Å². The van der Waals surface area contributed by atoms with Crippen LogP contribution in [0.2, 0.25) is 0 Å². The molecule has 0 unspecified atom stereocenters. The van der Waals surface area contributed by atoms with E-state index in [1.165, 1.54) is 4.31 Å². The Morgan fingerprint density at radius 1 is 0.833 bits per heavy atom. The number of benzene rings is 3. The number of hydrogen-bond donors (Lipinski definition) is 1. The molecule has 0 aliphatic carbocycles. The number of hydrogen-bond acceptors (Lipinski definition) is 3. The molecule has 0 heterocycles. The first-order valence-electron chi connectivity index (χ1n) is 9.70. The zero-order valence-electron chi connectivity index (χ0n) is 17.6. The quantitative estimate of drug-likeness (QED) is 0.623. The van der Waals surface area contributed by atoms with Crippen molar-refractivity contribution in [3.63, 3.8) is 0 Å². The van der Waals surface area contributed by atoms with E-state index in [4.69, 9.17) is 0 Å². The van der Waals surface area contributed by atoms with E-state index in [0.29, 0.717) is 11.4 Å². The summed E-state index contributed by atoms with van der Waals surface area (Å²) in [5.41, 5.74) is 4.85. The fourth-order valence-electron chi connectivity index (χ4n) is 3.28. The first kappa shape index (κ1) is 21.6. The Balaban J connectivity index is 2.00. The summed E-state index contributed by atoms with van der Waals surface area (Å²) in [6, 6.07) is 19.6. The predicted molar refractivity (Wildman–Crippen MR) is 121 cm³/mol. The summed E-state index contributed by atoms with van der Waals surface area (Å²) in [4.78, 5) is 13.0.